The minimum absolute atomic E-state index is 0.00229. The van der Waals surface area contributed by atoms with Crippen molar-refractivity contribution in [2.45, 2.75) is 57.2 Å². The van der Waals surface area contributed by atoms with Crippen molar-refractivity contribution < 1.29 is 28.7 Å². The van der Waals surface area contributed by atoms with Crippen molar-refractivity contribution in [2.75, 3.05) is 12.0 Å². The predicted octanol–water partition coefficient (Wildman–Crippen LogP) is 2.10. The van der Waals surface area contributed by atoms with E-state index in [1.807, 2.05) is 6.26 Å². The van der Waals surface area contributed by atoms with Gasteiger partial charge in [0.05, 0.1) is 18.7 Å². The van der Waals surface area contributed by atoms with Crippen LogP contribution in [0.25, 0.3) is 0 Å². The van der Waals surface area contributed by atoms with Gasteiger partial charge in [-0.05, 0) is 44.7 Å². The van der Waals surface area contributed by atoms with Gasteiger partial charge in [0.1, 0.15) is 23.5 Å². The van der Waals surface area contributed by atoms with E-state index in [0.717, 1.165) is 4.90 Å². The summed E-state index contributed by atoms with van der Waals surface area (Å²) in [6.45, 7) is 4.56. The van der Waals surface area contributed by atoms with Gasteiger partial charge >= 0.3 is 5.97 Å². The molecule has 36 heavy (non-hydrogen) atoms. The smallest absolute Gasteiger partial charge is 0.328 e. The van der Waals surface area contributed by atoms with Crippen LogP contribution in [0.5, 0.6) is 0 Å². The van der Waals surface area contributed by atoms with Crippen molar-refractivity contribution in [3.63, 3.8) is 0 Å². The maximum Gasteiger partial charge on any atom is 0.328 e. The van der Waals surface area contributed by atoms with Crippen LogP contribution in [0.2, 0.25) is 0 Å². The first-order chi connectivity index (χ1) is 17.1. The number of carbonyl (C=O) groups excluding carboxylic acids is 5. The summed E-state index contributed by atoms with van der Waals surface area (Å²) >= 11 is 2.58. The monoisotopic (exact) mass is 534 g/mol. The molecule has 194 valence electrons. The third kappa shape index (κ3) is 9.50. The third-order valence-corrected chi connectivity index (χ3v) is 6.42. The van der Waals surface area contributed by atoms with E-state index < -0.39 is 35.8 Å². The van der Waals surface area contributed by atoms with E-state index in [2.05, 4.69) is 20.9 Å². The lowest BCUT2D eigenvalue weighted by Gasteiger charge is -2.20. The molecule has 3 N–H and O–H groups in total. The Balaban J connectivity index is 2.32. The fourth-order valence-electron chi connectivity index (χ4n) is 3.03. The zero-order valence-electron chi connectivity index (χ0n) is 20.6. The summed E-state index contributed by atoms with van der Waals surface area (Å²) in [5, 5.41) is 7.76. The van der Waals surface area contributed by atoms with Gasteiger partial charge in [-0.25, -0.2) is 9.78 Å². The highest BCUT2D eigenvalue weighted by Gasteiger charge is 2.25. The van der Waals surface area contributed by atoms with Crippen molar-refractivity contribution in [1.82, 2.24) is 20.9 Å². The second-order valence-electron chi connectivity index (χ2n) is 7.75. The lowest BCUT2D eigenvalue weighted by atomic mass is 10.2. The van der Waals surface area contributed by atoms with E-state index in [0.29, 0.717) is 17.9 Å². The van der Waals surface area contributed by atoms with Gasteiger partial charge < -0.3 is 20.7 Å². The highest BCUT2D eigenvalue weighted by Crippen LogP contribution is 2.17. The first-order valence-corrected chi connectivity index (χ1v) is 13.4. The number of ether oxygens (including phenoxy) is 1. The Kier molecular flexibility index (Phi) is 11.7. The van der Waals surface area contributed by atoms with E-state index >= 15 is 0 Å². The summed E-state index contributed by atoms with van der Waals surface area (Å²) in [7, 11) is 0. The van der Waals surface area contributed by atoms with Gasteiger partial charge in [-0.3, -0.25) is 19.2 Å². The van der Waals surface area contributed by atoms with Crippen LogP contribution in [0.1, 0.15) is 49.8 Å². The molecular formula is C24H30N4O6S2. The molecular weight excluding hydrogens is 504 g/mol. The molecule has 3 amide bonds. The topological polar surface area (TPSA) is 144 Å². The molecule has 0 saturated carbocycles. The number of pyridine rings is 1. The number of cyclic esters (lactones) is 1. The molecule has 12 heteroatoms. The maximum atomic E-state index is 12.8. The zero-order chi connectivity index (χ0) is 26.7. The van der Waals surface area contributed by atoms with E-state index in [4.69, 9.17) is 4.74 Å². The minimum atomic E-state index is -1.05. The Hall–Kier alpha value is -3.12. The second-order valence-corrected chi connectivity index (χ2v) is 9.90. The van der Waals surface area contributed by atoms with Crippen molar-refractivity contribution in [1.29, 1.82) is 0 Å². The van der Waals surface area contributed by atoms with E-state index in [9.17, 15) is 24.0 Å². The molecule has 0 spiro atoms. The van der Waals surface area contributed by atoms with Gasteiger partial charge in [0.25, 0.3) is 11.8 Å². The number of aromatic nitrogens is 1. The van der Waals surface area contributed by atoms with Crippen molar-refractivity contribution >= 4 is 52.3 Å². The molecule has 0 aromatic carbocycles. The summed E-state index contributed by atoms with van der Waals surface area (Å²) in [5.74, 6) is -1.85. The lowest BCUT2D eigenvalue weighted by molar-refractivity contribution is -0.151. The average molecular weight is 535 g/mol. The van der Waals surface area contributed by atoms with E-state index in [-0.39, 0.29) is 29.5 Å². The molecule has 1 aliphatic rings. The number of allylic oxidation sites excluding steroid dienone is 2. The molecule has 2 atom stereocenters. The van der Waals surface area contributed by atoms with E-state index in [1.54, 1.807) is 31.2 Å². The largest absolute Gasteiger partial charge is 0.456 e. The number of nitrogens with zero attached hydrogens (tertiary/aromatic N) is 1. The number of fused-ring (bicyclic) bond motifs is 2. The van der Waals surface area contributed by atoms with Crippen LogP contribution in [-0.2, 0) is 30.5 Å². The number of nitrogens with one attached hydrogen (secondary N) is 3. The molecule has 0 fully saturated rings. The van der Waals surface area contributed by atoms with Crippen LogP contribution >= 0.6 is 23.5 Å². The van der Waals surface area contributed by atoms with Crippen LogP contribution in [0.3, 0.4) is 0 Å². The number of hydrogen-bond donors (Lipinski definition) is 3. The normalized spacial score (nSPS) is 21.1. The van der Waals surface area contributed by atoms with Gasteiger partial charge in [-0.15, -0.1) is 11.8 Å². The summed E-state index contributed by atoms with van der Waals surface area (Å²) in [4.78, 5) is 66.9. The summed E-state index contributed by atoms with van der Waals surface area (Å²) < 4.78 is 5.48. The Morgan fingerprint density at radius 2 is 1.97 bits per heavy atom. The number of carbonyl (C=O) groups is 5. The highest BCUT2D eigenvalue weighted by atomic mass is 32.2. The van der Waals surface area contributed by atoms with Gasteiger partial charge in [-0.1, -0.05) is 23.9 Å². The zero-order valence-corrected chi connectivity index (χ0v) is 22.2. The first kappa shape index (κ1) is 29.1. The fourth-order valence-corrected chi connectivity index (χ4v) is 4.05. The van der Waals surface area contributed by atoms with Crippen LogP contribution in [0.15, 0.2) is 41.0 Å². The molecule has 0 unspecified atom stereocenters. The molecule has 1 aromatic rings. The van der Waals surface area contributed by atoms with Crippen LogP contribution < -0.4 is 16.0 Å². The summed E-state index contributed by atoms with van der Waals surface area (Å²) in [6.07, 6.45) is 6.11. The van der Waals surface area contributed by atoms with Crippen LogP contribution in [-0.4, -0.2) is 57.9 Å². The molecule has 2 heterocycles. The second kappa shape index (κ2) is 14.4. The summed E-state index contributed by atoms with van der Waals surface area (Å²) in [6, 6.07) is 2.29. The first-order valence-electron chi connectivity index (χ1n) is 11.2. The van der Waals surface area contributed by atoms with Gasteiger partial charge in [-0.2, -0.15) is 0 Å². The molecule has 1 aromatic heterocycles. The minimum Gasteiger partial charge on any atom is -0.456 e. The number of esters is 1. The highest BCUT2D eigenvalue weighted by molar-refractivity contribution is 8.13. The Morgan fingerprint density at radius 1 is 1.22 bits per heavy atom. The quantitative estimate of drug-likeness (QED) is 0.170. The van der Waals surface area contributed by atoms with Gasteiger partial charge in [0, 0.05) is 17.6 Å². The number of thioether (sulfide) groups is 2. The number of hydrogen-bond acceptors (Lipinski definition) is 9. The number of amides is 3. The lowest BCUT2D eigenvalue weighted by Crippen LogP contribution is -2.44. The summed E-state index contributed by atoms with van der Waals surface area (Å²) in [5.41, 5.74) is 0.498. The molecule has 2 rings (SSSR count). The Bertz CT molecular complexity index is 1070. The Labute approximate surface area is 218 Å². The van der Waals surface area contributed by atoms with Crippen molar-refractivity contribution in [3.05, 3.63) is 47.4 Å². The number of rotatable bonds is 5. The van der Waals surface area contributed by atoms with Crippen LogP contribution in [0, 0.1) is 0 Å². The van der Waals surface area contributed by atoms with Crippen molar-refractivity contribution in [2.24, 2.45) is 0 Å². The van der Waals surface area contributed by atoms with Gasteiger partial charge in [0.2, 0.25) is 5.91 Å². The molecule has 2 bridgehead atoms. The molecule has 1 aliphatic heterocycles. The maximum absolute atomic E-state index is 12.8. The standard InChI is InChI=1S/C24H30N4O6S2/c1-5-19-22(31)26-14(2)24(33)34-17(8-6-7-9-36-15(3)29)11-21(30)25-13-16-10-18(35-4)12-20(27-16)23(32)28-19/h5-6,8,10,12,14,17H,7,9,11,13H2,1-4H3,(H,25,30)(H,26,31)(H,28,32)/b8-6+,19-5-/t14-,17+/m0/s1. The SMILES string of the molecule is C/C=C1\NC(=O)c2cc(SC)cc(n2)CNC(=O)C[C@@H](/C=C/CCSC(C)=O)OC(=O)[C@H](C)NC1=O. The fraction of sp³-hybridized carbons (Fsp3) is 0.417. The third-order valence-electron chi connectivity index (χ3n) is 4.86. The van der Waals surface area contributed by atoms with Gasteiger partial charge in [0.15, 0.2) is 5.12 Å². The van der Waals surface area contributed by atoms with Crippen molar-refractivity contribution in [3.8, 4) is 0 Å². The molecule has 10 nitrogen and oxygen atoms in total. The molecule has 0 saturated heterocycles. The van der Waals surface area contributed by atoms with E-state index in [1.165, 1.54) is 43.4 Å². The predicted molar refractivity (Wildman–Crippen MR) is 138 cm³/mol. The molecule has 0 radical (unpaired) electrons. The molecule has 0 aliphatic carbocycles. The average Bonchev–Trinajstić information content (AvgIpc) is 2.84. The Morgan fingerprint density at radius 3 is 2.64 bits per heavy atom. The van der Waals surface area contributed by atoms with Crippen LogP contribution in [0.4, 0.5) is 0 Å².